The summed E-state index contributed by atoms with van der Waals surface area (Å²) in [7, 11) is 1.55. The van der Waals surface area contributed by atoms with Gasteiger partial charge in [-0.05, 0) is 79.6 Å². The summed E-state index contributed by atoms with van der Waals surface area (Å²) in [5.41, 5.74) is 3.13. The van der Waals surface area contributed by atoms with E-state index in [4.69, 9.17) is 4.74 Å². The van der Waals surface area contributed by atoms with Crippen LogP contribution in [0.25, 0.3) is 16.9 Å². The molecule has 0 radical (unpaired) electrons. The predicted molar refractivity (Wildman–Crippen MR) is 148 cm³/mol. The summed E-state index contributed by atoms with van der Waals surface area (Å²) in [6, 6.07) is 9.44. The number of nitrogens with zero attached hydrogens (tertiary/aromatic N) is 4. The van der Waals surface area contributed by atoms with Gasteiger partial charge in [-0.1, -0.05) is 31.5 Å². The maximum atomic E-state index is 13.8. The lowest BCUT2D eigenvalue weighted by atomic mass is 9.95. The van der Waals surface area contributed by atoms with Gasteiger partial charge in [0.2, 0.25) is 0 Å². The molecule has 0 saturated carbocycles. The second-order valence-electron chi connectivity index (χ2n) is 10.2. The molecule has 0 aliphatic rings. The second-order valence-corrected chi connectivity index (χ2v) is 10.2. The van der Waals surface area contributed by atoms with Crippen molar-refractivity contribution in [1.82, 2.24) is 20.0 Å². The quantitative estimate of drug-likeness (QED) is 0.238. The van der Waals surface area contributed by atoms with Crippen LogP contribution in [0.3, 0.4) is 0 Å². The molecule has 210 valence electrons. The molecule has 1 amide bonds. The van der Waals surface area contributed by atoms with Crippen molar-refractivity contribution in [2.45, 2.75) is 53.1 Å². The number of halogens is 3. The normalized spacial score (nSPS) is 11.6. The summed E-state index contributed by atoms with van der Waals surface area (Å²) in [6.07, 6.45) is 2.57. The molecule has 40 heavy (non-hydrogen) atoms. The number of carbonyl (C=O) groups excluding carboxylic acids is 1. The second kappa shape index (κ2) is 11.9. The fraction of sp³-hybridized carbons (Fsp3) is 0.333. The number of rotatable bonds is 9. The van der Waals surface area contributed by atoms with Crippen LogP contribution < -0.4 is 10.1 Å². The molecule has 0 spiro atoms. The third kappa shape index (κ3) is 6.67. The molecule has 0 fully saturated rings. The Morgan fingerprint density at radius 2 is 1.88 bits per heavy atom. The van der Waals surface area contributed by atoms with Crippen LogP contribution in [0.4, 0.5) is 18.9 Å². The lowest BCUT2D eigenvalue weighted by Crippen LogP contribution is -2.16. The zero-order chi connectivity index (χ0) is 29.0. The Kier molecular flexibility index (Phi) is 8.56. The average molecular weight is 552 g/mol. The molecule has 0 atom stereocenters. The molecule has 10 heteroatoms. The topological polar surface area (TPSA) is 81.9 Å². The van der Waals surface area contributed by atoms with Crippen LogP contribution in [0.15, 0.2) is 55.0 Å². The monoisotopic (exact) mass is 551 g/mol. The molecule has 2 aromatic heterocycles. The van der Waals surface area contributed by atoms with Crippen molar-refractivity contribution in [3.63, 3.8) is 0 Å². The summed E-state index contributed by atoms with van der Waals surface area (Å²) in [5.74, 6) is 0.507. The smallest absolute Gasteiger partial charge is 0.416 e. The highest BCUT2D eigenvalue weighted by molar-refractivity contribution is 6.04. The zero-order valence-electron chi connectivity index (χ0n) is 23.1. The summed E-state index contributed by atoms with van der Waals surface area (Å²) in [4.78, 5) is 17.3. The number of aromatic nitrogens is 4. The van der Waals surface area contributed by atoms with Gasteiger partial charge in [0.05, 0.1) is 30.8 Å². The fourth-order valence-corrected chi connectivity index (χ4v) is 4.49. The largest absolute Gasteiger partial charge is 0.495 e. The van der Waals surface area contributed by atoms with Gasteiger partial charge in [-0.3, -0.25) is 9.78 Å². The van der Waals surface area contributed by atoms with Gasteiger partial charge >= 0.3 is 6.18 Å². The molecule has 2 heterocycles. The highest BCUT2D eigenvalue weighted by Crippen LogP contribution is 2.36. The van der Waals surface area contributed by atoms with E-state index in [0.29, 0.717) is 40.6 Å². The number of nitrogens with one attached hydrogen (secondary N) is 1. The molecule has 4 rings (SSSR count). The Labute approximate surface area is 231 Å². The lowest BCUT2D eigenvalue weighted by Gasteiger charge is -2.18. The molecule has 2 aromatic carbocycles. The first-order valence-electron chi connectivity index (χ1n) is 13.0. The molecule has 1 N–H and O–H groups in total. The van der Waals surface area contributed by atoms with Crippen LogP contribution >= 0.6 is 0 Å². The first-order valence-corrected chi connectivity index (χ1v) is 13.0. The third-order valence-electron chi connectivity index (χ3n) is 6.76. The van der Waals surface area contributed by atoms with Crippen molar-refractivity contribution >= 4 is 11.6 Å². The summed E-state index contributed by atoms with van der Waals surface area (Å²) >= 11 is 0. The Bertz CT molecular complexity index is 1510. The molecule has 4 aromatic rings. The third-order valence-corrected chi connectivity index (χ3v) is 6.76. The number of pyridine rings is 1. The molecule has 7 nitrogen and oxygen atoms in total. The number of alkyl halides is 3. The van der Waals surface area contributed by atoms with Gasteiger partial charge in [-0.15, -0.1) is 5.10 Å². The minimum atomic E-state index is -4.53. The first-order chi connectivity index (χ1) is 19.0. The van der Waals surface area contributed by atoms with E-state index in [9.17, 15) is 18.0 Å². The number of anilines is 1. The number of methoxy groups -OCH3 is 1. The van der Waals surface area contributed by atoms with Crippen molar-refractivity contribution < 1.29 is 22.7 Å². The van der Waals surface area contributed by atoms with Crippen LogP contribution in [0.2, 0.25) is 0 Å². The number of hydrogen-bond acceptors (Lipinski definition) is 5. The van der Waals surface area contributed by atoms with E-state index in [-0.39, 0.29) is 16.8 Å². The summed E-state index contributed by atoms with van der Waals surface area (Å²) in [5, 5.41) is 11.1. The number of benzene rings is 2. The van der Waals surface area contributed by atoms with E-state index in [1.54, 1.807) is 60.7 Å². The minimum absolute atomic E-state index is 0.109. The van der Waals surface area contributed by atoms with E-state index in [1.165, 1.54) is 6.92 Å². The molecule has 0 unspecified atom stereocenters. The first kappa shape index (κ1) is 28.8. The van der Waals surface area contributed by atoms with Crippen LogP contribution in [0.5, 0.6) is 5.75 Å². The van der Waals surface area contributed by atoms with Crippen molar-refractivity contribution in [3.8, 4) is 22.7 Å². The van der Waals surface area contributed by atoms with Crippen molar-refractivity contribution in [1.29, 1.82) is 0 Å². The van der Waals surface area contributed by atoms with Gasteiger partial charge in [0.15, 0.2) is 0 Å². The van der Waals surface area contributed by atoms with E-state index >= 15 is 0 Å². The van der Waals surface area contributed by atoms with E-state index in [1.807, 2.05) is 6.92 Å². The highest BCUT2D eigenvalue weighted by atomic mass is 19.4. The Morgan fingerprint density at radius 3 is 2.58 bits per heavy atom. The van der Waals surface area contributed by atoms with Gasteiger partial charge in [0, 0.05) is 23.0 Å². The zero-order valence-corrected chi connectivity index (χ0v) is 23.1. The standard InChI is InChI=1S/C30H32F3N5O2/c1-18(2)7-6-8-21-11-24(14-26(20(21)4)30(31,32)33)35-29(39)22-10-9-19(3)28(13-22)38-17-27(36-37-38)23-12-25(40-5)16-34-15-23/h9-18H,6-8H2,1-5H3,(H,35,39). The molecular formula is C30H32F3N5O2. The summed E-state index contributed by atoms with van der Waals surface area (Å²) in [6.45, 7) is 7.51. The van der Waals surface area contributed by atoms with Gasteiger partial charge in [-0.2, -0.15) is 13.2 Å². The molecule has 0 bridgehead atoms. The van der Waals surface area contributed by atoms with Crippen LogP contribution in [-0.2, 0) is 12.6 Å². The van der Waals surface area contributed by atoms with Gasteiger partial charge < -0.3 is 10.1 Å². The predicted octanol–water partition coefficient (Wildman–Crippen LogP) is 7.20. The van der Waals surface area contributed by atoms with E-state index in [0.717, 1.165) is 24.5 Å². The maximum absolute atomic E-state index is 13.8. The van der Waals surface area contributed by atoms with Gasteiger partial charge in [-0.25, -0.2) is 4.68 Å². The number of amides is 1. The van der Waals surface area contributed by atoms with Crippen LogP contribution in [-0.4, -0.2) is 33.0 Å². The maximum Gasteiger partial charge on any atom is 0.416 e. The number of hydrogen-bond donors (Lipinski definition) is 1. The number of ether oxygens (including phenoxy) is 1. The van der Waals surface area contributed by atoms with Gasteiger partial charge in [0.1, 0.15) is 11.4 Å². The molecule has 0 aliphatic carbocycles. The van der Waals surface area contributed by atoms with Crippen LogP contribution in [0, 0.1) is 19.8 Å². The number of carbonyl (C=O) groups is 1. The minimum Gasteiger partial charge on any atom is -0.495 e. The van der Waals surface area contributed by atoms with E-state index in [2.05, 4.69) is 34.5 Å². The van der Waals surface area contributed by atoms with Crippen LogP contribution in [0.1, 0.15) is 59.3 Å². The molecule has 0 aliphatic heterocycles. The molecule has 0 saturated heterocycles. The molecular weight excluding hydrogens is 519 g/mol. The average Bonchev–Trinajstić information content (AvgIpc) is 3.40. The SMILES string of the molecule is COc1cncc(-c2cn(-c3cc(C(=O)Nc4cc(CCCC(C)C)c(C)c(C(F)(F)F)c4)ccc3C)nn2)c1. The number of aryl methyl sites for hydroxylation is 2. The van der Waals surface area contributed by atoms with E-state index < -0.39 is 17.6 Å². The van der Waals surface area contributed by atoms with Crippen molar-refractivity contribution in [3.05, 3.63) is 82.8 Å². The Balaban J connectivity index is 1.61. The summed E-state index contributed by atoms with van der Waals surface area (Å²) < 4.78 is 48.3. The highest BCUT2D eigenvalue weighted by Gasteiger charge is 2.33. The Morgan fingerprint density at radius 1 is 1.10 bits per heavy atom. The van der Waals surface area contributed by atoms with Crippen molar-refractivity contribution in [2.75, 3.05) is 12.4 Å². The Hall–Kier alpha value is -4.21. The van der Waals surface area contributed by atoms with Gasteiger partial charge in [0.25, 0.3) is 5.91 Å². The lowest BCUT2D eigenvalue weighted by molar-refractivity contribution is -0.138. The van der Waals surface area contributed by atoms with Crippen molar-refractivity contribution in [2.24, 2.45) is 5.92 Å². The fourth-order valence-electron chi connectivity index (χ4n) is 4.49.